The van der Waals surface area contributed by atoms with Gasteiger partial charge in [0, 0.05) is 31.9 Å². The van der Waals surface area contributed by atoms with Crippen LogP contribution in [-0.2, 0) is 6.54 Å². The molecule has 0 spiro atoms. The number of nitrogens with zero attached hydrogens (tertiary/aromatic N) is 1. The smallest absolute Gasteiger partial charge is 0.0366 e. The quantitative estimate of drug-likeness (QED) is 0.772. The van der Waals surface area contributed by atoms with Gasteiger partial charge in [0.1, 0.15) is 0 Å². The highest BCUT2D eigenvalue weighted by atomic mass is 15.1. The van der Waals surface area contributed by atoms with Gasteiger partial charge in [0.25, 0.3) is 0 Å². The van der Waals surface area contributed by atoms with Crippen molar-refractivity contribution in [3.05, 3.63) is 65.7 Å². The van der Waals surface area contributed by atoms with Crippen LogP contribution < -0.4 is 10.2 Å². The highest BCUT2D eigenvalue weighted by Crippen LogP contribution is 2.14. The van der Waals surface area contributed by atoms with Crippen LogP contribution in [0.15, 0.2) is 54.6 Å². The maximum Gasteiger partial charge on any atom is 0.0366 e. The zero-order chi connectivity index (χ0) is 14.2. The van der Waals surface area contributed by atoms with Gasteiger partial charge in [0.2, 0.25) is 0 Å². The third kappa shape index (κ3) is 4.39. The lowest BCUT2D eigenvalue weighted by molar-refractivity contribution is 0.665. The van der Waals surface area contributed by atoms with Gasteiger partial charge in [-0.1, -0.05) is 48.0 Å². The van der Waals surface area contributed by atoms with Crippen LogP contribution in [0.2, 0.25) is 0 Å². The minimum absolute atomic E-state index is 0.937. The highest BCUT2D eigenvalue weighted by molar-refractivity contribution is 5.47. The van der Waals surface area contributed by atoms with Crippen LogP contribution in [0.4, 0.5) is 5.69 Å². The van der Waals surface area contributed by atoms with E-state index >= 15 is 0 Å². The molecule has 2 rings (SSSR count). The van der Waals surface area contributed by atoms with Crippen molar-refractivity contribution in [3.8, 4) is 0 Å². The van der Waals surface area contributed by atoms with E-state index in [1.165, 1.54) is 16.8 Å². The molecule has 0 aromatic heterocycles. The molecule has 2 aromatic rings. The van der Waals surface area contributed by atoms with Gasteiger partial charge in [-0.05, 0) is 31.5 Å². The average molecular weight is 268 g/mol. The van der Waals surface area contributed by atoms with E-state index in [2.05, 4.69) is 78.7 Å². The Kier molecular flexibility index (Phi) is 5.63. The molecule has 0 unspecified atom stereocenters. The third-order valence-corrected chi connectivity index (χ3v) is 3.51. The van der Waals surface area contributed by atoms with Gasteiger partial charge in [0.15, 0.2) is 0 Å². The lowest BCUT2D eigenvalue weighted by Gasteiger charge is -2.23. The molecule has 0 saturated carbocycles. The van der Waals surface area contributed by atoms with Crippen molar-refractivity contribution in [3.63, 3.8) is 0 Å². The molecule has 0 amide bonds. The number of hydrogen-bond acceptors (Lipinski definition) is 2. The van der Waals surface area contributed by atoms with E-state index in [1.54, 1.807) is 0 Å². The average Bonchev–Trinajstić information content (AvgIpc) is 2.50. The summed E-state index contributed by atoms with van der Waals surface area (Å²) in [6.45, 7) is 8.34. The molecule has 0 fully saturated rings. The normalized spacial score (nSPS) is 10.5. The van der Waals surface area contributed by atoms with Gasteiger partial charge in [-0.15, -0.1) is 0 Å². The lowest BCUT2D eigenvalue weighted by Crippen LogP contribution is -2.31. The second-order valence-corrected chi connectivity index (χ2v) is 5.08. The zero-order valence-corrected chi connectivity index (χ0v) is 12.5. The van der Waals surface area contributed by atoms with E-state index in [0.29, 0.717) is 0 Å². The number of rotatable bonds is 7. The van der Waals surface area contributed by atoms with E-state index in [1.807, 2.05) is 0 Å². The van der Waals surface area contributed by atoms with E-state index in [0.717, 1.165) is 26.2 Å². The standard InChI is InChI=1S/C18H24N2/c1-3-20(18-11-9-16(2)10-12-18)14-13-19-15-17-7-5-4-6-8-17/h4-12,19H,3,13-15H2,1-2H3. The Morgan fingerprint density at radius 3 is 2.30 bits per heavy atom. The van der Waals surface area contributed by atoms with Gasteiger partial charge in [-0.25, -0.2) is 0 Å². The predicted octanol–water partition coefficient (Wildman–Crippen LogP) is 3.61. The van der Waals surface area contributed by atoms with E-state index in [-0.39, 0.29) is 0 Å². The molecule has 2 nitrogen and oxygen atoms in total. The minimum atomic E-state index is 0.937. The first-order chi connectivity index (χ1) is 9.79. The second-order valence-electron chi connectivity index (χ2n) is 5.08. The first-order valence-electron chi connectivity index (χ1n) is 7.36. The summed E-state index contributed by atoms with van der Waals surface area (Å²) < 4.78 is 0. The molecule has 106 valence electrons. The van der Waals surface area contributed by atoms with Crippen molar-refractivity contribution in [2.75, 3.05) is 24.5 Å². The zero-order valence-electron chi connectivity index (χ0n) is 12.5. The van der Waals surface area contributed by atoms with Crippen molar-refractivity contribution in [2.45, 2.75) is 20.4 Å². The Hall–Kier alpha value is -1.80. The van der Waals surface area contributed by atoms with Gasteiger partial charge in [-0.3, -0.25) is 0 Å². The Balaban J connectivity index is 1.78. The van der Waals surface area contributed by atoms with Crippen molar-refractivity contribution >= 4 is 5.69 Å². The van der Waals surface area contributed by atoms with Crippen molar-refractivity contribution in [2.24, 2.45) is 0 Å². The minimum Gasteiger partial charge on any atom is -0.371 e. The van der Waals surface area contributed by atoms with Crippen molar-refractivity contribution in [1.29, 1.82) is 0 Å². The summed E-state index contributed by atoms with van der Waals surface area (Å²) in [6.07, 6.45) is 0. The number of benzene rings is 2. The number of nitrogens with one attached hydrogen (secondary N) is 1. The van der Waals surface area contributed by atoms with E-state index < -0.39 is 0 Å². The number of hydrogen-bond donors (Lipinski definition) is 1. The Bertz CT molecular complexity index is 491. The van der Waals surface area contributed by atoms with Crippen LogP contribution in [0.3, 0.4) is 0 Å². The molecule has 2 heteroatoms. The molecule has 0 radical (unpaired) electrons. The fourth-order valence-corrected chi connectivity index (χ4v) is 2.27. The monoisotopic (exact) mass is 268 g/mol. The summed E-state index contributed by atoms with van der Waals surface area (Å²) in [4.78, 5) is 2.40. The summed E-state index contributed by atoms with van der Waals surface area (Å²) >= 11 is 0. The Morgan fingerprint density at radius 2 is 1.65 bits per heavy atom. The first kappa shape index (κ1) is 14.6. The number of likely N-dealkylation sites (N-methyl/N-ethyl adjacent to an activating group) is 1. The van der Waals surface area contributed by atoms with E-state index in [4.69, 9.17) is 0 Å². The third-order valence-electron chi connectivity index (χ3n) is 3.51. The summed E-state index contributed by atoms with van der Waals surface area (Å²) in [5.74, 6) is 0. The molecule has 0 atom stereocenters. The molecule has 1 N–H and O–H groups in total. The summed E-state index contributed by atoms with van der Waals surface area (Å²) in [5, 5.41) is 3.51. The van der Waals surface area contributed by atoms with Gasteiger partial charge >= 0.3 is 0 Å². The Morgan fingerprint density at radius 1 is 0.950 bits per heavy atom. The van der Waals surface area contributed by atoms with Gasteiger partial charge in [-0.2, -0.15) is 0 Å². The molecule has 0 bridgehead atoms. The largest absolute Gasteiger partial charge is 0.371 e. The molecular formula is C18H24N2. The molecule has 0 aliphatic heterocycles. The molecule has 0 saturated heterocycles. The van der Waals surface area contributed by atoms with E-state index in [9.17, 15) is 0 Å². The van der Waals surface area contributed by atoms with Crippen LogP contribution in [0.5, 0.6) is 0 Å². The molecular weight excluding hydrogens is 244 g/mol. The topological polar surface area (TPSA) is 15.3 Å². The number of anilines is 1. The Labute approximate surface area is 122 Å². The highest BCUT2D eigenvalue weighted by Gasteiger charge is 2.03. The van der Waals surface area contributed by atoms with Crippen molar-refractivity contribution < 1.29 is 0 Å². The van der Waals surface area contributed by atoms with Crippen LogP contribution in [-0.4, -0.2) is 19.6 Å². The molecule has 0 aliphatic rings. The maximum atomic E-state index is 3.51. The fraction of sp³-hybridized carbons (Fsp3) is 0.333. The van der Waals surface area contributed by atoms with Crippen molar-refractivity contribution in [1.82, 2.24) is 5.32 Å². The van der Waals surface area contributed by atoms with Crippen LogP contribution >= 0.6 is 0 Å². The molecule has 2 aromatic carbocycles. The van der Waals surface area contributed by atoms with Crippen LogP contribution in [0.25, 0.3) is 0 Å². The maximum absolute atomic E-state index is 3.51. The summed E-state index contributed by atoms with van der Waals surface area (Å²) in [7, 11) is 0. The molecule has 0 aliphatic carbocycles. The number of aryl methyl sites for hydroxylation is 1. The fourth-order valence-electron chi connectivity index (χ4n) is 2.27. The first-order valence-corrected chi connectivity index (χ1v) is 7.36. The summed E-state index contributed by atoms with van der Waals surface area (Å²) in [5.41, 5.74) is 3.96. The van der Waals surface area contributed by atoms with Gasteiger partial charge in [0.05, 0.1) is 0 Å². The SMILES string of the molecule is CCN(CCNCc1ccccc1)c1ccc(C)cc1. The molecule has 0 heterocycles. The second kappa shape index (κ2) is 7.71. The lowest BCUT2D eigenvalue weighted by atomic mass is 10.2. The summed E-state index contributed by atoms with van der Waals surface area (Å²) in [6, 6.07) is 19.3. The molecule has 20 heavy (non-hydrogen) atoms. The van der Waals surface area contributed by atoms with Gasteiger partial charge < -0.3 is 10.2 Å². The predicted molar refractivity (Wildman–Crippen MR) is 87.2 cm³/mol. The van der Waals surface area contributed by atoms with Crippen LogP contribution in [0.1, 0.15) is 18.1 Å². The van der Waals surface area contributed by atoms with Crippen LogP contribution in [0, 0.1) is 6.92 Å².